The Morgan fingerprint density at radius 1 is 1.19 bits per heavy atom. The van der Waals surface area contributed by atoms with Gasteiger partial charge in [0.15, 0.2) is 0 Å². The highest BCUT2D eigenvalue weighted by molar-refractivity contribution is 7.87. The Morgan fingerprint density at radius 2 is 1.90 bits per heavy atom. The standard InChI is InChI=1S/C15H31N3O2S/c1-3-15(9-5-6-10-15)13-17-21(19,20)18-11-7-4-8-14(18)12-16-2/h14,16-17H,3-13H2,1-2H3. The van der Waals surface area contributed by atoms with E-state index in [0.717, 1.165) is 45.1 Å². The van der Waals surface area contributed by atoms with Crippen LogP contribution in [-0.4, -0.2) is 45.4 Å². The SMILES string of the molecule is CCC1(CNS(=O)(=O)N2CCCCC2CNC)CCCC1. The smallest absolute Gasteiger partial charge is 0.279 e. The fourth-order valence-corrected chi connectivity index (χ4v) is 5.43. The Labute approximate surface area is 130 Å². The molecule has 1 atom stereocenters. The summed E-state index contributed by atoms with van der Waals surface area (Å²) in [7, 11) is -1.46. The summed E-state index contributed by atoms with van der Waals surface area (Å²) in [6, 6.07) is 0.0994. The van der Waals surface area contributed by atoms with Crippen molar-refractivity contribution in [3.05, 3.63) is 0 Å². The Hall–Kier alpha value is -0.170. The van der Waals surface area contributed by atoms with E-state index < -0.39 is 10.2 Å². The Morgan fingerprint density at radius 3 is 2.52 bits per heavy atom. The molecule has 1 saturated carbocycles. The lowest BCUT2D eigenvalue weighted by Gasteiger charge is -2.36. The van der Waals surface area contributed by atoms with Gasteiger partial charge in [-0.1, -0.05) is 26.2 Å². The fourth-order valence-electron chi connectivity index (χ4n) is 3.84. The molecule has 1 saturated heterocycles. The molecule has 5 nitrogen and oxygen atoms in total. The molecule has 6 heteroatoms. The van der Waals surface area contributed by atoms with E-state index in [1.807, 2.05) is 7.05 Å². The maximum atomic E-state index is 12.7. The largest absolute Gasteiger partial charge is 0.318 e. The number of nitrogens with one attached hydrogen (secondary N) is 2. The first-order valence-electron chi connectivity index (χ1n) is 8.44. The number of rotatable bonds is 7. The quantitative estimate of drug-likeness (QED) is 0.753. The third kappa shape index (κ3) is 4.18. The minimum absolute atomic E-state index is 0.0994. The maximum absolute atomic E-state index is 12.7. The van der Waals surface area contributed by atoms with E-state index in [1.165, 1.54) is 12.8 Å². The summed E-state index contributed by atoms with van der Waals surface area (Å²) >= 11 is 0. The topological polar surface area (TPSA) is 61.4 Å². The molecule has 2 rings (SSSR count). The maximum Gasteiger partial charge on any atom is 0.279 e. The van der Waals surface area contributed by atoms with Crippen molar-refractivity contribution in [2.24, 2.45) is 5.41 Å². The van der Waals surface area contributed by atoms with Crippen molar-refractivity contribution in [2.75, 3.05) is 26.7 Å². The van der Waals surface area contributed by atoms with Crippen molar-refractivity contribution in [3.63, 3.8) is 0 Å². The van der Waals surface area contributed by atoms with E-state index >= 15 is 0 Å². The second-order valence-electron chi connectivity index (χ2n) is 6.70. The summed E-state index contributed by atoms with van der Waals surface area (Å²) in [6.45, 7) is 4.18. The lowest BCUT2D eigenvalue weighted by molar-refractivity contribution is 0.238. The zero-order valence-corrected chi connectivity index (χ0v) is 14.3. The van der Waals surface area contributed by atoms with E-state index in [-0.39, 0.29) is 11.5 Å². The van der Waals surface area contributed by atoms with Gasteiger partial charge in [-0.05, 0) is 44.6 Å². The predicted molar refractivity (Wildman–Crippen MR) is 86.4 cm³/mol. The average molecular weight is 317 g/mol. The minimum atomic E-state index is -3.35. The molecular weight excluding hydrogens is 286 g/mol. The van der Waals surface area contributed by atoms with Crippen LogP contribution in [0, 0.1) is 5.41 Å². The molecule has 1 unspecified atom stereocenters. The number of nitrogens with zero attached hydrogens (tertiary/aromatic N) is 1. The van der Waals surface area contributed by atoms with Crippen molar-refractivity contribution in [2.45, 2.75) is 64.3 Å². The van der Waals surface area contributed by atoms with Crippen LogP contribution in [0.4, 0.5) is 0 Å². The second kappa shape index (κ2) is 7.40. The highest BCUT2D eigenvalue weighted by atomic mass is 32.2. The highest BCUT2D eigenvalue weighted by Gasteiger charge is 2.36. The summed E-state index contributed by atoms with van der Waals surface area (Å²) in [5, 5.41) is 3.12. The van der Waals surface area contributed by atoms with Gasteiger partial charge in [0.05, 0.1) is 0 Å². The molecule has 124 valence electrons. The van der Waals surface area contributed by atoms with E-state index in [9.17, 15) is 8.42 Å². The van der Waals surface area contributed by atoms with Gasteiger partial charge in [0, 0.05) is 25.7 Å². The summed E-state index contributed by atoms with van der Waals surface area (Å²) in [4.78, 5) is 0. The normalized spacial score (nSPS) is 27.0. The van der Waals surface area contributed by atoms with Gasteiger partial charge in [-0.15, -0.1) is 0 Å². The Balaban J connectivity index is 1.99. The average Bonchev–Trinajstić information content (AvgIpc) is 2.96. The molecule has 0 aromatic carbocycles. The number of hydrogen-bond donors (Lipinski definition) is 2. The van der Waals surface area contributed by atoms with Gasteiger partial charge < -0.3 is 5.32 Å². The molecule has 0 spiro atoms. The minimum Gasteiger partial charge on any atom is -0.318 e. The summed E-state index contributed by atoms with van der Waals surface area (Å²) in [6.07, 6.45) is 8.91. The van der Waals surface area contributed by atoms with Crippen molar-refractivity contribution >= 4 is 10.2 Å². The first-order chi connectivity index (χ1) is 10.0. The third-order valence-electron chi connectivity index (χ3n) is 5.37. The highest BCUT2D eigenvalue weighted by Crippen LogP contribution is 2.40. The molecule has 0 aromatic rings. The van der Waals surface area contributed by atoms with Gasteiger partial charge in [0.2, 0.25) is 0 Å². The van der Waals surface area contributed by atoms with Gasteiger partial charge in [0.1, 0.15) is 0 Å². The number of likely N-dealkylation sites (N-methyl/N-ethyl adjacent to an activating group) is 1. The Bertz CT molecular complexity index is 417. The van der Waals surface area contributed by atoms with Crippen molar-refractivity contribution in [3.8, 4) is 0 Å². The molecule has 2 aliphatic rings. The fraction of sp³-hybridized carbons (Fsp3) is 1.00. The molecule has 0 radical (unpaired) electrons. The van der Waals surface area contributed by atoms with E-state index in [0.29, 0.717) is 13.1 Å². The van der Waals surface area contributed by atoms with E-state index in [2.05, 4.69) is 17.0 Å². The first kappa shape index (κ1) is 17.2. The lowest BCUT2D eigenvalue weighted by atomic mass is 9.84. The van der Waals surface area contributed by atoms with Crippen molar-refractivity contribution in [1.82, 2.24) is 14.3 Å². The van der Waals surface area contributed by atoms with Gasteiger partial charge in [-0.2, -0.15) is 12.7 Å². The van der Waals surface area contributed by atoms with Gasteiger partial charge >= 0.3 is 0 Å². The van der Waals surface area contributed by atoms with Gasteiger partial charge in [-0.3, -0.25) is 0 Å². The monoisotopic (exact) mass is 317 g/mol. The van der Waals surface area contributed by atoms with Crippen LogP contribution >= 0.6 is 0 Å². The van der Waals surface area contributed by atoms with Crippen molar-refractivity contribution in [1.29, 1.82) is 0 Å². The van der Waals surface area contributed by atoms with Crippen LogP contribution in [0.25, 0.3) is 0 Å². The molecule has 1 heterocycles. The van der Waals surface area contributed by atoms with E-state index in [4.69, 9.17) is 0 Å². The molecule has 0 bridgehead atoms. The van der Waals surface area contributed by atoms with Crippen LogP contribution in [0.2, 0.25) is 0 Å². The zero-order valence-electron chi connectivity index (χ0n) is 13.5. The van der Waals surface area contributed by atoms with E-state index in [1.54, 1.807) is 4.31 Å². The Kier molecular flexibility index (Phi) is 6.05. The zero-order chi connectivity index (χ0) is 15.3. The van der Waals surface area contributed by atoms with Crippen LogP contribution in [0.3, 0.4) is 0 Å². The van der Waals surface area contributed by atoms with Crippen LogP contribution in [-0.2, 0) is 10.2 Å². The second-order valence-corrected chi connectivity index (χ2v) is 8.41. The van der Waals surface area contributed by atoms with Crippen LogP contribution in [0.5, 0.6) is 0 Å². The number of hydrogen-bond acceptors (Lipinski definition) is 3. The molecular formula is C15H31N3O2S. The molecule has 2 N–H and O–H groups in total. The van der Waals surface area contributed by atoms with Crippen LogP contribution in [0.15, 0.2) is 0 Å². The van der Waals surface area contributed by atoms with Crippen LogP contribution < -0.4 is 10.0 Å². The van der Waals surface area contributed by atoms with Crippen molar-refractivity contribution < 1.29 is 8.42 Å². The molecule has 0 amide bonds. The molecule has 1 aliphatic heterocycles. The summed E-state index contributed by atoms with van der Waals surface area (Å²) in [5.41, 5.74) is 0.196. The third-order valence-corrected chi connectivity index (χ3v) is 6.97. The van der Waals surface area contributed by atoms with Gasteiger partial charge in [0.25, 0.3) is 10.2 Å². The number of piperidine rings is 1. The summed E-state index contributed by atoms with van der Waals surface area (Å²) < 4.78 is 30.0. The molecule has 21 heavy (non-hydrogen) atoms. The predicted octanol–water partition coefficient (Wildman–Crippen LogP) is 1.87. The molecule has 1 aliphatic carbocycles. The molecule has 0 aromatic heterocycles. The van der Waals surface area contributed by atoms with Crippen LogP contribution in [0.1, 0.15) is 58.3 Å². The van der Waals surface area contributed by atoms with Gasteiger partial charge in [-0.25, -0.2) is 4.72 Å². The summed E-state index contributed by atoms with van der Waals surface area (Å²) in [5.74, 6) is 0. The molecule has 2 fully saturated rings. The lowest BCUT2D eigenvalue weighted by Crippen LogP contribution is -2.53. The first-order valence-corrected chi connectivity index (χ1v) is 9.88.